The molecule has 5 heteroatoms. The second-order valence-electron chi connectivity index (χ2n) is 6.36. The van der Waals surface area contributed by atoms with Crippen LogP contribution in [0.25, 0.3) is 11.4 Å². The number of aromatic nitrogens is 2. The minimum atomic E-state index is -0.185. The van der Waals surface area contributed by atoms with Crippen molar-refractivity contribution in [2.45, 2.75) is 26.8 Å². The molecule has 1 heterocycles. The van der Waals surface area contributed by atoms with Gasteiger partial charge in [0, 0.05) is 24.7 Å². The maximum atomic E-state index is 12.4. The fraction of sp³-hybridized carbons (Fsp3) is 0.227. The number of carbonyl (C=O) groups excluding carboxylic acids is 1. The van der Waals surface area contributed by atoms with Crippen molar-refractivity contribution in [1.29, 1.82) is 0 Å². The van der Waals surface area contributed by atoms with Gasteiger partial charge >= 0.3 is 0 Å². The van der Waals surface area contributed by atoms with Crippen molar-refractivity contribution >= 4 is 11.7 Å². The van der Waals surface area contributed by atoms with E-state index in [4.69, 9.17) is 0 Å². The van der Waals surface area contributed by atoms with Gasteiger partial charge in [-0.05, 0) is 24.5 Å². The molecule has 5 nitrogen and oxygen atoms in total. The molecule has 0 aliphatic heterocycles. The lowest BCUT2D eigenvalue weighted by Crippen LogP contribution is -2.25. The summed E-state index contributed by atoms with van der Waals surface area (Å²) in [6.07, 6.45) is 0.876. The van der Waals surface area contributed by atoms with Crippen molar-refractivity contribution in [2.24, 2.45) is 0 Å². The van der Waals surface area contributed by atoms with Gasteiger partial charge in [-0.3, -0.25) is 4.79 Å². The number of nitrogens with one attached hydrogen (secondary N) is 2. The van der Waals surface area contributed by atoms with Crippen molar-refractivity contribution in [3.63, 3.8) is 0 Å². The fourth-order valence-corrected chi connectivity index (χ4v) is 2.69. The Kier molecular flexibility index (Phi) is 6.15. The molecule has 0 fully saturated rings. The molecule has 0 saturated carbocycles. The predicted octanol–water partition coefficient (Wildman–Crippen LogP) is 4.20. The minimum absolute atomic E-state index is 0.185. The first-order valence-electron chi connectivity index (χ1n) is 9.18. The molecule has 0 spiro atoms. The lowest BCUT2D eigenvalue weighted by molar-refractivity contribution is 0.0948. The van der Waals surface area contributed by atoms with E-state index in [9.17, 15) is 4.79 Å². The van der Waals surface area contributed by atoms with Gasteiger partial charge in [0.2, 0.25) is 0 Å². The molecular formula is C22H24N4O. The summed E-state index contributed by atoms with van der Waals surface area (Å²) in [7, 11) is 0. The van der Waals surface area contributed by atoms with Crippen molar-refractivity contribution in [1.82, 2.24) is 15.3 Å². The van der Waals surface area contributed by atoms with E-state index in [0.717, 1.165) is 12.0 Å². The van der Waals surface area contributed by atoms with Crippen LogP contribution in [0.3, 0.4) is 0 Å². The van der Waals surface area contributed by atoms with Crippen LogP contribution in [-0.4, -0.2) is 22.4 Å². The van der Waals surface area contributed by atoms with Gasteiger partial charge in [0.25, 0.3) is 5.91 Å². The highest BCUT2D eigenvalue weighted by molar-refractivity contribution is 5.93. The normalized spacial score (nSPS) is 10.4. The first kappa shape index (κ1) is 18.6. The highest BCUT2D eigenvalue weighted by atomic mass is 16.1. The van der Waals surface area contributed by atoms with Gasteiger partial charge in [-0.1, -0.05) is 61.5 Å². The molecule has 0 bridgehead atoms. The number of hydrogen-bond donors (Lipinski definition) is 2. The number of anilines is 1. The molecule has 0 radical (unpaired) electrons. The van der Waals surface area contributed by atoms with Crippen molar-refractivity contribution in [3.05, 3.63) is 77.5 Å². The van der Waals surface area contributed by atoms with Crippen LogP contribution in [0.1, 0.15) is 35.0 Å². The molecule has 138 valence electrons. The minimum Gasteiger partial charge on any atom is -0.366 e. The van der Waals surface area contributed by atoms with Crippen molar-refractivity contribution in [3.8, 4) is 11.4 Å². The molecule has 2 N–H and O–H groups in total. The largest absolute Gasteiger partial charge is 0.366 e. The molecule has 3 aromatic rings. The summed E-state index contributed by atoms with van der Waals surface area (Å²) in [5.41, 5.74) is 3.64. The van der Waals surface area contributed by atoms with E-state index in [1.54, 1.807) is 6.07 Å². The second kappa shape index (κ2) is 8.94. The van der Waals surface area contributed by atoms with E-state index in [2.05, 4.69) is 39.7 Å². The van der Waals surface area contributed by atoms with Crippen LogP contribution in [0, 0.1) is 6.92 Å². The van der Waals surface area contributed by atoms with E-state index in [1.807, 2.05) is 49.4 Å². The van der Waals surface area contributed by atoms with Gasteiger partial charge in [0.15, 0.2) is 5.82 Å². The molecule has 0 atom stereocenters. The Bertz CT molecular complexity index is 909. The average molecular weight is 360 g/mol. The van der Waals surface area contributed by atoms with Crippen LogP contribution in [-0.2, 0) is 6.54 Å². The number of aryl methyl sites for hydroxylation is 1. The zero-order valence-corrected chi connectivity index (χ0v) is 15.7. The number of nitrogens with zero attached hydrogens (tertiary/aromatic N) is 2. The summed E-state index contributed by atoms with van der Waals surface area (Å²) >= 11 is 0. The van der Waals surface area contributed by atoms with Crippen LogP contribution in [0.2, 0.25) is 0 Å². The van der Waals surface area contributed by atoms with Gasteiger partial charge in [-0.2, -0.15) is 0 Å². The van der Waals surface area contributed by atoms with E-state index in [-0.39, 0.29) is 5.91 Å². The quantitative estimate of drug-likeness (QED) is 0.662. The summed E-state index contributed by atoms with van der Waals surface area (Å²) < 4.78 is 0. The summed E-state index contributed by atoms with van der Waals surface area (Å²) in [6.45, 7) is 5.35. The number of rotatable bonds is 7. The molecular weight excluding hydrogens is 336 g/mol. The topological polar surface area (TPSA) is 66.9 Å². The monoisotopic (exact) mass is 360 g/mol. The van der Waals surface area contributed by atoms with E-state index in [1.165, 1.54) is 11.1 Å². The van der Waals surface area contributed by atoms with Crippen LogP contribution in [0.5, 0.6) is 0 Å². The van der Waals surface area contributed by atoms with Crippen LogP contribution in [0.15, 0.2) is 60.7 Å². The zero-order valence-electron chi connectivity index (χ0n) is 15.7. The molecule has 3 rings (SSSR count). The van der Waals surface area contributed by atoms with Gasteiger partial charge in [0.1, 0.15) is 11.5 Å². The maximum absolute atomic E-state index is 12.4. The maximum Gasteiger partial charge on any atom is 0.270 e. The first-order chi connectivity index (χ1) is 13.2. The highest BCUT2D eigenvalue weighted by Gasteiger charge is 2.13. The molecule has 27 heavy (non-hydrogen) atoms. The van der Waals surface area contributed by atoms with Gasteiger partial charge < -0.3 is 10.6 Å². The summed E-state index contributed by atoms with van der Waals surface area (Å²) in [5.74, 6) is 0.983. The van der Waals surface area contributed by atoms with E-state index >= 15 is 0 Å². The number of amides is 1. The first-order valence-corrected chi connectivity index (χ1v) is 9.18. The smallest absolute Gasteiger partial charge is 0.270 e. The Morgan fingerprint density at radius 2 is 1.74 bits per heavy atom. The Hall–Kier alpha value is -3.21. The second-order valence-corrected chi connectivity index (χ2v) is 6.36. The molecule has 1 amide bonds. The summed E-state index contributed by atoms with van der Waals surface area (Å²) in [5, 5.41) is 6.21. The molecule has 0 saturated heterocycles. The Morgan fingerprint density at radius 3 is 2.48 bits per heavy atom. The van der Waals surface area contributed by atoms with Crippen molar-refractivity contribution in [2.75, 3.05) is 11.9 Å². The van der Waals surface area contributed by atoms with Gasteiger partial charge in [-0.15, -0.1) is 0 Å². The fourth-order valence-electron chi connectivity index (χ4n) is 2.69. The number of hydrogen-bond acceptors (Lipinski definition) is 4. The Balaban J connectivity index is 1.89. The molecule has 1 aromatic heterocycles. The third-order valence-corrected chi connectivity index (χ3v) is 4.25. The van der Waals surface area contributed by atoms with E-state index in [0.29, 0.717) is 30.4 Å². The predicted molar refractivity (Wildman–Crippen MR) is 109 cm³/mol. The molecule has 0 aliphatic rings. The zero-order chi connectivity index (χ0) is 19.1. The lowest BCUT2D eigenvalue weighted by Gasteiger charge is -2.11. The molecule has 2 aromatic carbocycles. The van der Waals surface area contributed by atoms with E-state index < -0.39 is 0 Å². The molecule has 0 unspecified atom stereocenters. The SMILES string of the molecule is CCCNC(=O)c1cc(NCc2ccccc2C)nc(-c2ccccc2)n1. The molecule has 0 aliphatic carbocycles. The third kappa shape index (κ3) is 4.91. The van der Waals surface area contributed by atoms with Crippen LogP contribution in [0.4, 0.5) is 5.82 Å². The third-order valence-electron chi connectivity index (χ3n) is 4.25. The standard InChI is InChI=1S/C22H24N4O/c1-3-13-23-22(27)19-14-20(24-15-18-12-8-7-9-16(18)2)26-21(25-19)17-10-5-4-6-11-17/h4-12,14H,3,13,15H2,1-2H3,(H,23,27)(H,24,25,26). The van der Waals surface area contributed by atoms with Crippen molar-refractivity contribution < 1.29 is 4.79 Å². The summed E-state index contributed by atoms with van der Waals surface area (Å²) in [6, 6.07) is 19.6. The lowest BCUT2D eigenvalue weighted by atomic mass is 10.1. The summed E-state index contributed by atoms with van der Waals surface area (Å²) in [4.78, 5) is 21.5. The van der Waals surface area contributed by atoms with Crippen LogP contribution >= 0.6 is 0 Å². The number of carbonyl (C=O) groups is 1. The highest BCUT2D eigenvalue weighted by Crippen LogP contribution is 2.19. The Morgan fingerprint density at radius 1 is 1.00 bits per heavy atom. The number of benzene rings is 2. The average Bonchev–Trinajstić information content (AvgIpc) is 2.72. The van der Waals surface area contributed by atoms with Gasteiger partial charge in [0.05, 0.1) is 0 Å². The van der Waals surface area contributed by atoms with Gasteiger partial charge in [-0.25, -0.2) is 9.97 Å². The Labute approximate surface area is 159 Å². The van der Waals surface area contributed by atoms with Crippen LogP contribution < -0.4 is 10.6 Å².